The molecule has 1 aromatic rings. The highest BCUT2D eigenvalue weighted by molar-refractivity contribution is 7.09. The van der Waals surface area contributed by atoms with Gasteiger partial charge < -0.3 is 15.0 Å². The second-order valence-corrected chi connectivity index (χ2v) is 7.59. The molecule has 0 bridgehead atoms. The zero-order valence-corrected chi connectivity index (χ0v) is 16.3. The number of nitrogens with zero attached hydrogens (tertiary/aromatic N) is 4. The Morgan fingerprint density at radius 3 is 2.81 bits per heavy atom. The molecule has 0 spiro atoms. The Bertz CT molecular complexity index is 630. The van der Waals surface area contributed by atoms with Crippen molar-refractivity contribution in [3.63, 3.8) is 0 Å². The van der Waals surface area contributed by atoms with Crippen LogP contribution in [0.25, 0.3) is 0 Å². The van der Waals surface area contributed by atoms with Crippen LogP contribution in [0, 0.1) is 0 Å². The first kappa shape index (κ1) is 20.3. The van der Waals surface area contributed by atoms with E-state index in [0.29, 0.717) is 24.0 Å². The van der Waals surface area contributed by atoms with Gasteiger partial charge >= 0.3 is 6.18 Å². The summed E-state index contributed by atoms with van der Waals surface area (Å²) in [6.07, 6.45) is -2.88. The van der Waals surface area contributed by atoms with Gasteiger partial charge in [-0.1, -0.05) is 0 Å². The van der Waals surface area contributed by atoms with Gasteiger partial charge in [0.25, 0.3) is 0 Å². The van der Waals surface area contributed by atoms with E-state index in [1.165, 1.54) is 0 Å². The Labute approximate surface area is 161 Å². The van der Waals surface area contributed by atoms with Crippen LogP contribution in [0.3, 0.4) is 0 Å². The van der Waals surface area contributed by atoms with Crippen molar-refractivity contribution in [3.8, 4) is 0 Å². The Balaban J connectivity index is 1.54. The molecule has 3 rings (SSSR count). The average molecular weight is 405 g/mol. The Morgan fingerprint density at radius 1 is 1.37 bits per heavy atom. The summed E-state index contributed by atoms with van der Waals surface area (Å²) in [4.78, 5) is 13.0. The highest BCUT2D eigenvalue weighted by Gasteiger charge is 2.33. The summed E-state index contributed by atoms with van der Waals surface area (Å²) < 4.78 is 43.3. The maximum Gasteiger partial charge on any atom is 0.434 e. The van der Waals surface area contributed by atoms with Gasteiger partial charge in [0.2, 0.25) is 0 Å². The van der Waals surface area contributed by atoms with Crippen LogP contribution < -0.4 is 5.32 Å². The lowest BCUT2D eigenvalue weighted by atomic mass is 10.2. The normalized spacial score (nSPS) is 22.4. The highest BCUT2D eigenvalue weighted by Crippen LogP contribution is 2.30. The van der Waals surface area contributed by atoms with Gasteiger partial charge in [-0.3, -0.25) is 9.89 Å². The van der Waals surface area contributed by atoms with Crippen LogP contribution in [0.5, 0.6) is 0 Å². The minimum absolute atomic E-state index is 0.413. The van der Waals surface area contributed by atoms with Gasteiger partial charge in [0.1, 0.15) is 0 Å². The summed E-state index contributed by atoms with van der Waals surface area (Å²) in [5, 5.41) is 4.83. The number of ether oxygens (including phenoxy) is 1. The van der Waals surface area contributed by atoms with Gasteiger partial charge in [0.15, 0.2) is 11.7 Å². The third-order valence-electron chi connectivity index (χ3n) is 4.79. The Kier molecular flexibility index (Phi) is 6.93. The smallest absolute Gasteiger partial charge is 0.379 e. The fraction of sp³-hybridized carbons (Fsp3) is 0.765. The van der Waals surface area contributed by atoms with Gasteiger partial charge in [0.05, 0.1) is 18.2 Å². The molecule has 0 saturated carbocycles. The molecule has 2 fully saturated rings. The second-order valence-electron chi connectivity index (χ2n) is 6.65. The predicted molar refractivity (Wildman–Crippen MR) is 99.2 cm³/mol. The molecule has 3 heterocycles. The van der Waals surface area contributed by atoms with Crippen LogP contribution in [0.1, 0.15) is 24.0 Å². The number of hydrogen-bond donors (Lipinski definition) is 1. The molecule has 2 aliphatic rings. The lowest BCUT2D eigenvalue weighted by Crippen LogP contribution is -2.46. The van der Waals surface area contributed by atoms with E-state index in [0.717, 1.165) is 75.0 Å². The van der Waals surface area contributed by atoms with E-state index >= 15 is 0 Å². The van der Waals surface area contributed by atoms with Crippen molar-refractivity contribution >= 4 is 17.3 Å². The fourth-order valence-corrected chi connectivity index (χ4v) is 4.21. The van der Waals surface area contributed by atoms with Crippen molar-refractivity contribution in [3.05, 3.63) is 16.1 Å². The summed E-state index contributed by atoms with van der Waals surface area (Å²) in [7, 11) is 0. The maximum absolute atomic E-state index is 12.6. The third kappa shape index (κ3) is 5.55. The summed E-state index contributed by atoms with van der Waals surface area (Å²) in [5.41, 5.74) is -0.814. The molecule has 1 atom stereocenters. The molecule has 0 aliphatic carbocycles. The molecule has 10 heteroatoms. The van der Waals surface area contributed by atoms with Crippen LogP contribution in [-0.2, 0) is 17.3 Å². The number of halogens is 3. The monoisotopic (exact) mass is 405 g/mol. The first-order valence-electron chi connectivity index (χ1n) is 9.34. The highest BCUT2D eigenvalue weighted by atomic mass is 32.1. The summed E-state index contributed by atoms with van der Waals surface area (Å²) in [5.74, 6) is 0.834. The van der Waals surface area contributed by atoms with E-state index in [9.17, 15) is 13.2 Å². The molecule has 0 amide bonds. The van der Waals surface area contributed by atoms with Crippen LogP contribution in [0.2, 0.25) is 0 Å². The molecule has 2 saturated heterocycles. The van der Waals surface area contributed by atoms with E-state index in [1.807, 2.05) is 6.92 Å². The number of rotatable bonds is 5. The lowest BCUT2D eigenvalue weighted by molar-refractivity contribution is -0.140. The minimum Gasteiger partial charge on any atom is -0.379 e. The van der Waals surface area contributed by atoms with Crippen LogP contribution in [0.4, 0.5) is 13.2 Å². The molecule has 27 heavy (non-hydrogen) atoms. The number of alkyl halides is 3. The van der Waals surface area contributed by atoms with Crippen LogP contribution in [0.15, 0.2) is 10.4 Å². The SMILES string of the molecule is CCNC(=NCCc1nc(C(F)(F)F)cs1)N1CCC(N2CCOCC2)C1. The Hall–Kier alpha value is -1.39. The summed E-state index contributed by atoms with van der Waals surface area (Å²) in [6, 6.07) is 0.506. The molecule has 6 nitrogen and oxygen atoms in total. The molecule has 1 unspecified atom stereocenters. The molecule has 1 aromatic heterocycles. The number of hydrogen-bond acceptors (Lipinski definition) is 5. The van der Waals surface area contributed by atoms with Crippen LogP contribution >= 0.6 is 11.3 Å². The predicted octanol–water partition coefficient (Wildman–Crippen LogP) is 2.08. The minimum atomic E-state index is -4.38. The number of morpholine rings is 1. The van der Waals surface area contributed by atoms with Crippen molar-refractivity contribution in [2.45, 2.75) is 32.0 Å². The Morgan fingerprint density at radius 2 is 2.15 bits per heavy atom. The van der Waals surface area contributed by atoms with Gasteiger partial charge in [-0.15, -0.1) is 11.3 Å². The summed E-state index contributed by atoms with van der Waals surface area (Å²) >= 11 is 1.04. The van der Waals surface area contributed by atoms with E-state index in [4.69, 9.17) is 4.74 Å². The first-order valence-corrected chi connectivity index (χ1v) is 10.2. The standard InChI is InChI=1S/C17H26F3N5OS/c1-2-21-16(22-5-3-15-23-14(12-27-15)17(18,19)20)25-6-4-13(11-25)24-7-9-26-10-8-24/h12-13H,2-11H2,1H3,(H,21,22). The fourth-order valence-electron chi connectivity index (χ4n) is 3.41. The molecule has 152 valence electrons. The van der Waals surface area contributed by atoms with E-state index in [2.05, 4.69) is 25.1 Å². The number of aromatic nitrogens is 1. The summed E-state index contributed by atoms with van der Waals surface area (Å²) in [6.45, 7) is 8.57. The van der Waals surface area contributed by atoms with Crippen molar-refractivity contribution in [1.29, 1.82) is 0 Å². The van der Waals surface area contributed by atoms with Gasteiger partial charge in [-0.2, -0.15) is 13.2 Å². The molecule has 2 aliphatic heterocycles. The van der Waals surface area contributed by atoms with Crippen molar-refractivity contribution in [2.24, 2.45) is 4.99 Å². The van der Waals surface area contributed by atoms with Gasteiger partial charge in [0, 0.05) is 57.1 Å². The molecule has 0 radical (unpaired) electrons. The number of aliphatic imine (C=N–C) groups is 1. The van der Waals surface area contributed by atoms with Crippen molar-refractivity contribution in [2.75, 3.05) is 52.5 Å². The number of thiazole rings is 1. The molecule has 1 N–H and O–H groups in total. The molecular formula is C17H26F3N5OS. The van der Waals surface area contributed by atoms with E-state index < -0.39 is 11.9 Å². The first-order chi connectivity index (χ1) is 13.0. The molecular weight excluding hydrogens is 379 g/mol. The number of guanidine groups is 1. The lowest BCUT2D eigenvalue weighted by Gasteiger charge is -2.32. The second kappa shape index (κ2) is 9.20. The number of nitrogens with one attached hydrogen (secondary N) is 1. The quantitative estimate of drug-likeness (QED) is 0.601. The van der Waals surface area contributed by atoms with Crippen molar-refractivity contribution < 1.29 is 17.9 Å². The number of likely N-dealkylation sites (tertiary alicyclic amines) is 1. The van der Waals surface area contributed by atoms with E-state index in [1.54, 1.807) is 0 Å². The molecule has 0 aromatic carbocycles. The van der Waals surface area contributed by atoms with Gasteiger partial charge in [-0.05, 0) is 13.3 Å². The largest absolute Gasteiger partial charge is 0.434 e. The third-order valence-corrected chi connectivity index (χ3v) is 5.70. The van der Waals surface area contributed by atoms with Crippen molar-refractivity contribution in [1.82, 2.24) is 20.1 Å². The van der Waals surface area contributed by atoms with E-state index in [-0.39, 0.29) is 0 Å². The maximum atomic E-state index is 12.6. The zero-order chi connectivity index (χ0) is 19.3. The van der Waals surface area contributed by atoms with Gasteiger partial charge in [-0.25, -0.2) is 4.98 Å². The average Bonchev–Trinajstić information content (AvgIpc) is 3.31. The topological polar surface area (TPSA) is 53.0 Å². The van der Waals surface area contributed by atoms with Crippen LogP contribution in [-0.4, -0.2) is 79.3 Å². The zero-order valence-electron chi connectivity index (χ0n) is 15.5.